The smallest absolute Gasteiger partial charge is 0.251 e. The van der Waals surface area contributed by atoms with Crippen molar-refractivity contribution in [3.8, 4) is 5.75 Å². The fourth-order valence-electron chi connectivity index (χ4n) is 3.04. The number of ether oxygens (including phenoxy) is 1. The van der Waals surface area contributed by atoms with Gasteiger partial charge in [-0.05, 0) is 37.6 Å². The van der Waals surface area contributed by atoms with E-state index in [2.05, 4.69) is 5.32 Å². The van der Waals surface area contributed by atoms with Gasteiger partial charge in [0.25, 0.3) is 5.56 Å². The number of aromatic nitrogens is 1. The summed E-state index contributed by atoms with van der Waals surface area (Å²) >= 11 is 0. The Labute approximate surface area is 118 Å². The first kappa shape index (κ1) is 13.2. The molecular formula is C16H20N2O2. The summed E-state index contributed by atoms with van der Waals surface area (Å²) in [6.07, 6.45) is 3.38. The van der Waals surface area contributed by atoms with E-state index in [-0.39, 0.29) is 11.6 Å². The van der Waals surface area contributed by atoms with Crippen molar-refractivity contribution in [2.75, 3.05) is 20.2 Å². The fraction of sp³-hybridized carbons (Fsp3) is 0.438. The molecule has 4 nitrogen and oxygen atoms in total. The topological polar surface area (TPSA) is 43.3 Å². The van der Waals surface area contributed by atoms with Crippen molar-refractivity contribution in [3.63, 3.8) is 0 Å². The van der Waals surface area contributed by atoms with Gasteiger partial charge in [0.1, 0.15) is 5.75 Å². The molecule has 0 spiro atoms. The maximum atomic E-state index is 12.3. The Balaban J connectivity index is 2.17. The first-order valence-electron chi connectivity index (χ1n) is 7.20. The zero-order chi connectivity index (χ0) is 13.9. The third-order valence-corrected chi connectivity index (χ3v) is 4.04. The molecule has 1 atom stereocenters. The zero-order valence-corrected chi connectivity index (χ0v) is 11.8. The van der Waals surface area contributed by atoms with Crippen LogP contribution in [0.25, 0.3) is 10.9 Å². The number of pyridine rings is 1. The number of hydrogen-bond acceptors (Lipinski definition) is 3. The third kappa shape index (κ3) is 2.31. The maximum Gasteiger partial charge on any atom is 0.251 e. The van der Waals surface area contributed by atoms with Gasteiger partial charge in [-0.3, -0.25) is 4.79 Å². The second kappa shape index (κ2) is 5.67. The molecule has 3 rings (SSSR count). The monoisotopic (exact) mass is 272 g/mol. The highest BCUT2D eigenvalue weighted by Gasteiger charge is 2.17. The summed E-state index contributed by atoms with van der Waals surface area (Å²) in [6.45, 7) is 1.90. The summed E-state index contributed by atoms with van der Waals surface area (Å²) in [5.41, 5.74) is 1.03. The van der Waals surface area contributed by atoms with E-state index in [1.165, 1.54) is 6.42 Å². The van der Waals surface area contributed by atoms with Gasteiger partial charge in [0.05, 0.1) is 12.6 Å². The maximum absolute atomic E-state index is 12.3. The standard InChI is InChI=1S/C16H20N2O2/c1-20-15-7-4-6-14-13(15)8-9-16(19)18(14)12-5-2-3-10-17-11-12/h4,6-9,12,17H,2-3,5,10-11H2,1H3. The fourth-order valence-corrected chi connectivity index (χ4v) is 3.04. The first-order chi connectivity index (χ1) is 9.81. The lowest BCUT2D eigenvalue weighted by molar-refractivity contribution is 0.418. The minimum atomic E-state index is 0.0689. The van der Waals surface area contributed by atoms with Crippen LogP contribution in [-0.2, 0) is 0 Å². The number of hydrogen-bond donors (Lipinski definition) is 1. The quantitative estimate of drug-likeness (QED) is 0.912. The van der Waals surface area contributed by atoms with E-state index in [0.717, 1.165) is 42.6 Å². The largest absolute Gasteiger partial charge is 0.496 e. The normalized spacial score (nSPS) is 19.8. The summed E-state index contributed by atoms with van der Waals surface area (Å²) in [6, 6.07) is 9.61. The SMILES string of the molecule is COc1cccc2c1ccc(=O)n2C1CCCCNC1. The van der Waals surface area contributed by atoms with Gasteiger partial charge in [-0.2, -0.15) is 0 Å². The van der Waals surface area contributed by atoms with Crippen LogP contribution in [0, 0.1) is 0 Å². The van der Waals surface area contributed by atoms with Crippen LogP contribution >= 0.6 is 0 Å². The molecule has 0 aliphatic carbocycles. The third-order valence-electron chi connectivity index (χ3n) is 4.04. The molecule has 0 saturated carbocycles. The van der Waals surface area contributed by atoms with Gasteiger partial charge in [-0.25, -0.2) is 0 Å². The Bertz CT molecular complexity index is 655. The van der Waals surface area contributed by atoms with E-state index in [0.29, 0.717) is 0 Å². The Kier molecular flexibility index (Phi) is 3.74. The van der Waals surface area contributed by atoms with Crippen LogP contribution in [0.4, 0.5) is 0 Å². The molecular weight excluding hydrogens is 252 g/mol. The van der Waals surface area contributed by atoms with Crippen molar-refractivity contribution in [1.82, 2.24) is 9.88 Å². The second-order valence-electron chi connectivity index (χ2n) is 5.29. The van der Waals surface area contributed by atoms with E-state index >= 15 is 0 Å². The molecule has 20 heavy (non-hydrogen) atoms. The molecule has 0 bridgehead atoms. The molecule has 1 aliphatic heterocycles. The number of nitrogens with one attached hydrogen (secondary N) is 1. The minimum Gasteiger partial charge on any atom is -0.496 e. The van der Waals surface area contributed by atoms with Gasteiger partial charge < -0.3 is 14.6 Å². The molecule has 0 radical (unpaired) electrons. The molecule has 1 unspecified atom stereocenters. The number of benzene rings is 1. The summed E-state index contributed by atoms with van der Waals surface area (Å²) in [5, 5.41) is 4.42. The number of methoxy groups -OCH3 is 1. The highest BCUT2D eigenvalue weighted by atomic mass is 16.5. The van der Waals surface area contributed by atoms with Gasteiger partial charge in [-0.1, -0.05) is 12.5 Å². The molecule has 0 amide bonds. The van der Waals surface area contributed by atoms with Crippen molar-refractivity contribution in [1.29, 1.82) is 0 Å². The lowest BCUT2D eigenvalue weighted by Crippen LogP contribution is -2.30. The van der Waals surface area contributed by atoms with Gasteiger partial charge >= 0.3 is 0 Å². The van der Waals surface area contributed by atoms with Gasteiger partial charge in [0.2, 0.25) is 0 Å². The Hall–Kier alpha value is -1.81. The van der Waals surface area contributed by atoms with Crippen molar-refractivity contribution in [3.05, 3.63) is 40.7 Å². The Morgan fingerprint density at radius 3 is 3.00 bits per heavy atom. The van der Waals surface area contributed by atoms with E-state index in [1.807, 2.05) is 28.8 Å². The molecule has 1 aromatic carbocycles. The van der Waals surface area contributed by atoms with E-state index in [1.54, 1.807) is 13.2 Å². The summed E-state index contributed by atoms with van der Waals surface area (Å²) < 4.78 is 7.33. The summed E-state index contributed by atoms with van der Waals surface area (Å²) in [7, 11) is 1.66. The molecule has 1 saturated heterocycles. The van der Waals surface area contributed by atoms with E-state index in [9.17, 15) is 4.79 Å². The summed E-state index contributed by atoms with van der Waals surface area (Å²) in [5.74, 6) is 0.817. The molecule has 106 valence electrons. The van der Waals surface area contributed by atoms with E-state index in [4.69, 9.17) is 4.74 Å². The summed E-state index contributed by atoms with van der Waals surface area (Å²) in [4.78, 5) is 12.3. The predicted molar refractivity (Wildman–Crippen MR) is 80.5 cm³/mol. The average molecular weight is 272 g/mol. The molecule has 2 heterocycles. The van der Waals surface area contributed by atoms with Gasteiger partial charge in [0, 0.05) is 24.0 Å². The van der Waals surface area contributed by atoms with Crippen molar-refractivity contribution in [2.45, 2.75) is 25.3 Å². The van der Waals surface area contributed by atoms with Crippen LogP contribution in [0.2, 0.25) is 0 Å². The Morgan fingerprint density at radius 2 is 2.15 bits per heavy atom. The lowest BCUT2D eigenvalue weighted by atomic mass is 10.1. The van der Waals surface area contributed by atoms with Crippen LogP contribution in [-0.4, -0.2) is 24.8 Å². The van der Waals surface area contributed by atoms with Crippen molar-refractivity contribution in [2.24, 2.45) is 0 Å². The molecule has 1 aliphatic rings. The molecule has 2 aromatic rings. The highest BCUT2D eigenvalue weighted by molar-refractivity contribution is 5.85. The van der Waals surface area contributed by atoms with Gasteiger partial charge in [-0.15, -0.1) is 0 Å². The second-order valence-corrected chi connectivity index (χ2v) is 5.29. The van der Waals surface area contributed by atoms with Crippen LogP contribution < -0.4 is 15.6 Å². The first-order valence-corrected chi connectivity index (χ1v) is 7.20. The zero-order valence-electron chi connectivity index (χ0n) is 11.8. The number of rotatable bonds is 2. The van der Waals surface area contributed by atoms with E-state index < -0.39 is 0 Å². The molecule has 4 heteroatoms. The average Bonchev–Trinajstić information content (AvgIpc) is 2.75. The van der Waals surface area contributed by atoms with Crippen LogP contribution in [0.3, 0.4) is 0 Å². The van der Waals surface area contributed by atoms with Crippen LogP contribution in [0.5, 0.6) is 5.75 Å². The van der Waals surface area contributed by atoms with Crippen molar-refractivity contribution < 1.29 is 4.74 Å². The van der Waals surface area contributed by atoms with Crippen molar-refractivity contribution >= 4 is 10.9 Å². The van der Waals surface area contributed by atoms with Gasteiger partial charge in [0.15, 0.2) is 0 Å². The lowest BCUT2D eigenvalue weighted by Gasteiger charge is -2.20. The molecule has 1 N–H and O–H groups in total. The molecule has 1 fully saturated rings. The van der Waals surface area contributed by atoms with Crippen LogP contribution in [0.1, 0.15) is 25.3 Å². The molecule has 1 aromatic heterocycles. The number of nitrogens with zero attached hydrogens (tertiary/aromatic N) is 1. The predicted octanol–water partition coefficient (Wildman–Crippen LogP) is 2.32. The highest BCUT2D eigenvalue weighted by Crippen LogP contribution is 2.27. The minimum absolute atomic E-state index is 0.0689. The Morgan fingerprint density at radius 1 is 1.25 bits per heavy atom. The number of fused-ring (bicyclic) bond motifs is 1. The van der Waals surface area contributed by atoms with Crippen LogP contribution in [0.15, 0.2) is 35.1 Å².